The van der Waals surface area contributed by atoms with Gasteiger partial charge in [0.25, 0.3) is 11.5 Å². The van der Waals surface area contributed by atoms with Crippen LogP contribution in [0.5, 0.6) is 0 Å². The summed E-state index contributed by atoms with van der Waals surface area (Å²) in [4.78, 5) is 60.6. The molecule has 17 heteroatoms. The predicted molar refractivity (Wildman–Crippen MR) is 182 cm³/mol. The topological polar surface area (TPSA) is 171 Å². The SMILES string of the molecule is Cc1c([C@@H](C)NC(=O)c2cn(C3CCOCC3)c(=O)cc2NCCONC(=NC(=O)OC(C)(C)C)NC(=O)OC(C)(C)C)cccc1C(F)(F)F. The number of benzene rings is 1. The Morgan fingerprint density at radius 1 is 1.04 bits per heavy atom. The lowest BCUT2D eigenvalue weighted by Crippen LogP contribution is -2.44. The molecular weight excluding hydrogens is 677 g/mol. The lowest BCUT2D eigenvalue weighted by atomic mass is 9.97. The molecule has 1 saturated heterocycles. The number of rotatable bonds is 9. The van der Waals surface area contributed by atoms with E-state index in [1.165, 1.54) is 35.9 Å². The van der Waals surface area contributed by atoms with Crippen molar-refractivity contribution in [1.29, 1.82) is 0 Å². The molecular formula is C34H47F3N6O8. The number of nitrogens with zero attached hydrogens (tertiary/aromatic N) is 2. The highest BCUT2D eigenvalue weighted by Crippen LogP contribution is 2.34. The number of aromatic nitrogens is 1. The number of guanidine groups is 1. The Balaban J connectivity index is 1.79. The molecule has 0 saturated carbocycles. The van der Waals surface area contributed by atoms with Gasteiger partial charge in [-0.1, -0.05) is 12.1 Å². The lowest BCUT2D eigenvalue weighted by molar-refractivity contribution is -0.138. The number of hydrogen-bond acceptors (Lipinski definition) is 9. The van der Waals surface area contributed by atoms with Crippen molar-refractivity contribution in [3.05, 3.63) is 63.1 Å². The van der Waals surface area contributed by atoms with E-state index in [2.05, 4.69) is 26.4 Å². The molecule has 2 aromatic rings. The van der Waals surface area contributed by atoms with Gasteiger partial charge in [-0.2, -0.15) is 13.2 Å². The third-order valence-electron chi connectivity index (χ3n) is 7.31. The number of amides is 3. The minimum atomic E-state index is -4.56. The molecule has 1 fully saturated rings. The van der Waals surface area contributed by atoms with Crippen LogP contribution in [0.2, 0.25) is 0 Å². The second-order valence-electron chi connectivity index (χ2n) is 13.8. The summed E-state index contributed by atoms with van der Waals surface area (Å²) in [5.41, 5.74) is -0.0351. The predicted octanol–water partition coefficient (Wildman–Crippen LogP) is 5.77. The van der Waals surface area contributed by atoms with Crippen LogP contribution >= 0.6 is 0 Å². The van der Waals surface area contributed by atoms with Gasteiger partial charge in [-0.25, -0.2) is 15.1 Å². The Morgan fingerprint density at radius 2 is 1.69 bits per heavy atom. The Kier molecular flexibility index (Phi) is 13.6. The number of alkyl carbamates (subject to hydrolysis) is 1. The summed E-state index contributed by atoms with van der Waals surface area (Å²) in [6, 6.07) is 4.01. The van der Waals surface area contributed by atoms with Gasteiger partial charge >= 0.3 is 18.4 Å². The van der Waals surface area contributed by atoms with Crippen LogP contribution in [-0.4, -0.2) is 66.2 Å². The van der Waals surface area contributed by atoms with Crippen LogP contribution in [0.1, 0.15) is 100 Å². The Morgan fingerprint density at radius 3 is 2.29 bits per heavy atom. The van der Waals surface area contributed by atoms with Crippen LogP contribution in [-0.2, 0) is 25.2 Å². The van der Waals surface area contributed by atoms with Gasteiger partial charge in [0.05, 0.1) is 29.5 Å². The molecule has 0 unspecified atom stereocenters. The van der Waals surface area contributed by atoms with Gasteiger partial charge in [0.2, 0.25) is 5.96 Å². The van der Waals surface area contributed by atoms with Gasteiger partial charge < -0.3 is 29.4 Å². The van der Waals surface area contributed by atoms with E-state index in [1.54, 1.807) is 48.5 Å². The van der Waals surface area contributed by atoms with Crippen LogP contribution in [0.4, 0.5) is 28.4 Å². The molecule has 0 radical (unpaired) electrons. The highest BCUT2D eigenvalue weighted by atomic mass is 19.4. The average Bonchev–Trinajstić information content (AvgIpc) is 2.98. The van der Waals surface area contributed by atoms with Gasteiger partial charge in [0.1, 0.15) is 11.2 Å². The molecule has 51 heavy (non-hydrogen) atoms. The Hall–Kier alpha value is -4.64. The third kappa shape index (κ3) is 12.9. The molecule has 1 aromatic heterocycles. The summed E-state index contributed by atoms with van der Waals surface area (Å²) in [7, 11) is 0. The smallest absolute Gasteiger partial charge is 0.437 e. The summed E-state index contributed by atoms with van der Waals surface area (Å²) < 4.78 is 58.0. The fourth-order valence-corrected chi connectivity index (χ4v) is 5.11. The summed E-state index contributed by atoms with van der Waals surface area (Å²) in [6.07, 6.45) is -3.97. The Labute approximate surface area is 294 Å². The first-order valence-corrected chi connectivity index (χ1v) is 16.4. The van der Waals surface area contributed by atoms with Crippen molar-refractivity contribution in [2.24, 2.45) is 4.99 Å². The molecule has 14 nitrogen and oxygen atoms in total. The van der Waals surface area contributed by atoms with Crippen molar-refractivity contribution in [2.45, 2.75) is 97.7 Å². The van der Waals surface area contributed by atoms with Crippen LogP contribution in [0.15, 0.2) is 40.2 Å². The minimum Gasteiger partial charge on any atom is -0.444 e. The average molecular weight is 725 g/mol. The molecule has 282 valence electrons. The lowest BCUT2D eigenvalue weighted by Gasteiger charge is -2.26. The number of halogens is 3. The number of pyridine rings is 1. The largest absolute Gasteiger partial charge is 0.444 e. The zero-order valence-corrected chi connectivity index (χ0v) is 30.1. The number of hydrogen-bond donors (Lipinski definition) is 4. The molecule has 2 heterocycles. The number of carbonyl (C=O) groups is 3. The highest BCUT2D eigenvalue weighted by Gasteiger charge is 2.33. The molecule has 1 aliphatic rings. The maximum Gasteiger partial charge on any atom is 0.437 e. The number of nitrogens with one attached hydrogen (secondary N) is 4. The van der Waals surface area contributed by atoms with E-state index in [1.807, 2.05) is 0 Å². The molecule has 1 aliphatic heterocycles. The molecule has 0 spiro atoms. The van der Waals surface area contributed by atoms with Crippen molar-refractivity contribution in [3.8, 4) is 0 Å². The van der Waals surface area contributed by atoms with E-state index in [9.17, 15) is 32.3 Å². The molecule has 0 aliphatic carbocycles. The molecule has 0 bridgehead atoms. The first-order chi connectivity index (χ1) is 23.6. The molecule has 3 amide bonds. The number of hydroxylamine groups is 1. The summed E-state index contributed by atoms with van der Waals surface area (Å²) in [6.45, 7) is 13.5. The molecule has 1 aromatic carbocycles. The van der Waals surface area contributed by atoms with Crippen LogP contribution in [0.3, 0.4) is 0 Å². The monoisotopic (exact) mass is 724 g/mol. The first-order valence-electron chi connectivity index (χ1n) is 16.4. The summed E-state index contributed by atoms with van der Waals surface area (Å²) in [5, 5.41) is 8.02. The third-order valence-corrected chi connectivity index (χ3v) is 7.31. The molecule has 3 rings (SSSR count). The maximum atomic E-state index is 13.7. The second-order valence-corrected chi connectivity index (χ2v) is 13.8. The fourth-order valence-electron chi connectivity index (χ4n) is 5.11. The second kappa shape index (κ2) is 17.0. The van der Waals surface area contributed by atoms with Crippen molar-refractivity contribution in [2.75, 3.05) is 31.7 Å². The fraction of sp³-hybridized carbons (Fsp3) is 0.559. The van der Waals surface area contributed by atoms with Crippen LogP contribution in [0, 0.1) is 6.92 Å². The number of alkyl halides is 3. The molecule has 4 N–H and O–H groups in total. The number of anilines is 1. The van der Waals surface area contributed by atoms with Crippen molar-refractivity contribution in [1.82, 2.24) is 20.7 Å². The zero-order chi connectivity index (χ0) is 38.1. The van der Waals surface area contributed by atoms with Gasteiger partial charge in [-0.3, -0.25) is 19.7 Å². The summed E-state index contributed by atoms with van der Waals surface area (Å²) in [5.74, 6) is -1.05. The van der Waals surface area contributed by atoms with Crippen LogP contribution in [0.25, 0.3) is 0 Å². The normalized spacial score (nSPS) is 15.1. The molecule has 1 atom stereocenters. The van der Waals surface area contributed by atoms with Gasteiger partial charge in [0, 0.05) is 38.1 Å². The van der Waals surface area contributed by atoms with E-state index < -0.39 is 53.0 Å². The first kappa shape index (κ1) is 40.8. The van der Waals surface area contributed by atoms with Crippen molar-refractivity contribution >= 4 is 29.7 Å². The van der Waals surface area contributed by atoms with Gasteiger partial charge in [0.15, 0.2) is 0 Å². The van der Waals surface area contributed by atoms with E-state index in [0.29, 0.717) is 26.1 Å². The number of aliphatic imine (C=N–C) groups is 1. The van der Waals surface area contributed by atoms with Gasteiger partial charge in [-0.05, 0) is 85.4 Å². The van der Waals surface area contributed by atoms with Crippen LogP contribution < -0.4 is 27.0 Å². The van der Waals surface area contributed by atoms with E-state index >= 15 is 0 Å². The van der Waals surface area contributed by atoms with Crippen molar-refractivity contribution in [3.63, 3.8) is 0 Å². The zero-order valence-electron chi connectivity index (χ0n) is 30.1. The maximum absolute atomic E-state index is 13.7. The number of ether oxygens (including phenoxy) is 3. The Bertz CT molecular complexity index is 1640. The van der Waals surface area contributed by atoms with E-state index in [4.69, 9.17) is 19.0 Å². The van der Waals surface area contributed by atoms with E-state index in [0.717, 1.165) is 6.07 Å². The van der Waals surface area contributed by atoms with E-state index in [-0.39, 0.29) is 47.1 Å². The number of carbonyl (C=O) groups excluding carboxylic acids is 3. The highest BCUT2D eigenvalue weighted by molar-refractivity contribution is 5.99. The summed E-state index contributed by atoms with van der Waals surface area (Å²) >= 11 is 0. The minimum absolute atomic E-state index is 0.00243. The van der Waals surface area contributed by atoms with Gasteiger partial charge in [-0.15, -0.1) is 4.99 Å². The quantitative estimate of drug-likeness (QED) is 0.108. The van der Waals surface area contributed by atoms with Crippen molar-refractivity contribution < 1.29 is 46.6 Å². The standard InChI is InChI=1S/C34H47F3N6O8/c1-20-23(10-9-11-25(20)34(35,36)37)21(2)39-28(45)24-19-43(22-12-15-48-16-13-22)27(44)18-26(24)38-14-17-49-42-29(40-30(46)50-32(3,4)5)41-31(47)51-33(6,7)8/h9-11,18-19,21-22,38H,12-17H2,1-8H3,(H,39,45)(H2,40,41,42,46,47)/t21-/m1/s1.